The van der Waals surface area contributed by atoms with Crippen molar-refractivity contribution in [2.45, 2.75) is 52.0 Å². The summed E-state index contributed by atoms with van der Waals surface area (Å²) in [5, 5.41) is 8.84. The summed E-state index contributed by atoms with van der Waals surface area (Å²) < 4.78 is 0. The van der Waals surface area contributed by atoms with Crippen molar-refractivity contribution in [2.24, 2.45) is 11.7 Å². The number of nitrogens with two attached hydrogens (primary N) is 1. The Hall–Kier alpha value is -0.0800. The Labute approximate surface area is 76.2 Å². The van der Waals surface area contributed by atoms with Crippen LogP contribution in [0.25, 0.3) is 0 Å². The van der Waals surface area contributed by atoms with Gasteiger partial charge in [0.15, 0.2) is 0 Å². The van der Waals surface area contributed by atoms with Crippen LogP contribution < -0.4 is 5.73 Å². The molecule has 0 heterocycles. The summed E-state index contributed by atoms with van der Waals surface area (Å²) in [7, 11) is 0. The van der Waals surface area contributed by atoms with E-state index in [0.717, 1.165) is 12.8 Å². The molecule has 0 aliphatic rings. The molecule has 0 fully saturated rings. The quantitative estimate of drug-likeness (QED) is 0.644. The summed E-state index contributed by atoms with van der Waals surface area (Å²) in [4.78, 5) is 0. The SMILES string of the molecule is CCCCC(CCO)C(C)(C)N. The lowest BCUT2D eigenvalue weighted by atomic mass is 9.82. The molecule has 2 heteroatoms. The van der Waals surface area contributed by atoms with E-state index in [4.69, 9.17) is 10.8 Å². The Kier molecular flexibility index (Phi) is 5.51. The minimum absolute atomic E-state index is 0.141. The van der Waals surface area contributed by atoms with E-state index in [0.29, 0.717) is 5.92 Å². The van der Waals surface area contributed by atoms with Crippen LogP contribution in [0.2, 0.25) is 0 Å². The first-order valence-electron chi connectivity index (χ1n) is 4.92. The fraction of sp³-hybridized carbons (Fsp3) is 1.00. The highest BCUT2D eigenvalue weighted by molar-refractivity contribution is 4.81. The van der Waals surface area contributed by atoms with E-state index in [1.54, 1.807) is 0 Å². The van der Waals surface area contributed by atoms with Crippen LogP contribution in [-0.4, -0.2) is 17.3 Å². The van der Waals surface area contributed by atoms with Crippen molar-refractivity contribution in [1.29, 1.82) is 0 Å². The van der Waals surface area contributed by atoms with Crippen LogP contribution in [0.5, 0.6) is 0 Å². The third-order valence-electron chi connectivity index (χ3n) is 2.44. The minimum Gasteiger partial charge on any atom is -0.396 e. The molecule has 1 unspecified atom stereocenters. The maximum atomic E-state index is 8.84. The van der Waals surface area contributed by atoms with Gasteiger partial charge in [0.2, 0.25) is 0 Å². The zero-order valence-electron chi connectivity index (χ0n) is 8.64. The third kappa shape index (κ3) is 4.73. The molecular formula is C10H23NO. The summed E-state index contributed by atoms with van der Waals surface area (Å²) in [5.41, 5.74) is 5.85. The van der Waals surface area contributed by atoms with Crippen LogP contribution in [0, 0.1) is 5.92 Å². The highest BCUT2D eigenvalue weighted by atomic mass is 16.3. The molecule has 0 aromatic heterocycles. The Bertz CT molecular complexity index is 107. The molecule has 12 heavy (non-hydrogen) atoms. The maximum Gasteiger partial charge on any atom is 0.0434 e. The molecule has 0 aromatic rings. The Morgan fingerprint density at radius 3 is 2.25 bits per heavy atom. The normalized spacial score (nSPS) is 14.8. The second-order valence-corrected chi connectivity index (χ2v) is 4.17. The number of rotatable bonds is 6. The molecule has 3 N–H and O–H groups in total. The molecule has 0 aromatic carbocycles. The zero-order chi connectivity index (χ0) is 9.61. The molecule has 74 valence electrons. The topological polar surface area (TPSA) is 46.2 Å². The number of aliphatic hydroxyl groups excluding tert-OH is 1. The molecule has 0 saturated carbocycles. The van der Waals surface area contributed by atoms with E-state index in [1.165, 1.54) is 12.8 Å². The van der Waals surface area contributed by atoms with Crippen molar-refractivity contribution >= 4 is 0 Å². The first kappa shape index (κ1) is 11.9. The summed E-state index contributed by atoms with van der Waals surface area (Å²) in [5.74, 6) is 0.461. The van der Waals surface area contributed by atoms with Gasteiger partial charge in [-0.3, -0.25) is 0 Å². The first-order chi connectivity index (χ1) is 5.52. The van der Waals surface area contributed by atoms with Crippen molar-refractivity contribution in [1.82, 2.24) is 0 Å². The van der Waals surface area contributed by atoms with E-state index in [1.807, 2.05) is 13.8 Å². The van der Waals surface area contributed by atoms with Gasteiger partial charge in [-0.2, -0.15) is 0 Å². The van der Waals surface area contributed by atoms with Crippen LogP contribution in [0.4, 0.5) is 0 Å². The van der Waals surface area contributed by atoms with E-state index in [-0.39, 0.29) is 12.1 Å². The van der Waals surface area contributed by atoms with Crippen LogP contribution in [-0.2, 0) is 0 Å². The largest absolute Gasteiger partial charge is 0.396 e. The highest BCUT2D eigenvalue weighted by Crippen LogP contribution is 2.23. The number of aliphatic hydroxyl groups is 1. The number of hydrogen-bond donors (Lipinski definition) is 2. The average molecular weight is 173 g/mol. The minimum atomic E-state index is -0.141. The molecule has 0 bridgehead atoms. The van der Waals surface area contributed by atoms with Gasteiger partial charge < -0.3 is 10.8 Å². The van der Waals surface area contributed by atoms with Gasteiger partial charge in [-0.25, -0.2) is 0 Å². The summed E-state index contributed by atoms with van der Waals surface area (Å²) in [6.07, 6.45) is 4.40. The van der Waals surface area contributed by atoms with Crippen LogP contribution in [0.1, 0.15) is 46.5 Å². The third-order valence-corrected chi connectivity index (χ3v) is 2.44. The predicted octanol–water partition coefficient (Wildman–Crippen LogP) is 1.91. The van der Waals surface area contributed by atoms with E-state index < -0.39 is 0 Å². The van der Waals surface area contributed by atoms with Gasteiger partial charge in [0, 0.05) is 12.1 Å². The lowest BCUT2D eigenvalue weighted by Gasteiger charge is -2.30. The molecule has 0 aliphatic heterocycles. The van der Waals surface area contributed by atoms with E-state index in [2.05, 4.69) is 6.92 Å². The van der Waals surface area contributed by atoms with Crippen molar-refractivity contribution in [2.75, 3.05) is 6.61 Å². The Morgan fingerprint density at radius 1 is 1.33 bits per heavy atom. The Morgan fingerprint density at radius 2 is 1.92 bits per heavy atom. The van der Waals surface area contributed by atoms with Gasteiger partial charge in [0.25, 0.3) is 0 Å². The molecule has 0 spiro atoms. The highest BCUT2D eigenvalue weighted by Gasteiger charge is 2.23. The van der Waals surface area contributed by atoms with Crippen molar-refractivity contribution in [3.05, 3.63) is 0 Å². The standard InChI is InChI=1S/C10H23NO/c1-4-5-6-9(7-8-12)10(2,3)11/h9,12H,4-8,11H2,1-3H3. The summed E-state index contributed by atoms with van der Waals surface area (Å²) in [6, 6.07) is 0. The Balaban J connectivity index is 3.86. The predicted molar refractivity (Wildman–Crippen MR) is 53.0 cm³/mol. The number of hydrogen-bond acceptors (Lipinski definition) is 2. The fourth-order valence-electron chi connectivity index (χ4n) is 1.49. The molecule has 0 radical (unpaired) electrons. The zero-order valence-corrected chi connectivity index (χ0v) is 8.64. The molecule has 0 aliphatic carbocycles. The monoisotopic (exact) mass is 173 g/mol. The maximum absolute atomic E-state index is 8.84. The van der Waals surface area contributed by atoms with E-state index in [9.17, 15) is 0 Å². The van der Waals surface area contributed by atoms with Gasteiger partial charge in [0.05, 0.1) is 0 Å². The van der Waals surface area contributed by atoms with Gasteiger partial charge in [-0.1, -0.05) is 19.8 Å². The average Bonchev–Trinajstić information content (AvgIpc) is 1.95. The molecule has 1 atom stereocenters. The fourth-order valence-corrected chi connectivity index (χ4v) is 1.49. The summed E-state index contributed by atoms with van der Waals surface area (Å²) in [6.45, 7) is 6.53. The van der Waals surface area contributed by atoms with Gasteiger partial charge in [-0.15, -0.1) is 0 Å². The smallest absolute Gasteiger partial charge is 0.0434 e. The second kappa shape index (κ2) is 5.55. The van der Waals surface area contributed by atoms with E-state index >= 15 is 0 Å². The molecule has 0 saturated heterocycles. The molecule has 0 rings (SSSR count). The van der Waals surface area contributed by atoms with Crippen molar-refractivity contribution < 1.29 is 5.11 Å². The second-order valence-electron chi connectivity index (χ2n) is 4.17. The van der Waals surface area contributed by atoms with Crippen LogP contribution >= 0.6 is 0 Å². The lowest BCUT2D eigenvalue weighted by Crippen LogP contribution is -2.41. The van der Waals surface area contributed by atoms with Crippen molar-refractivity contribution in [3.63, 3.8) is 0 Å². The summed E-state index contributed by atoms with van der Waals surface area (Å²) >= 11 is 0. The molecule has 2 nitrogen and oxygen atoms in total. The molecule has 0 amide bonds. The van der Waals surface area contributed by atoms with Crippen LogP contribution in [0.15, 0.2) is 0 Å². The van der Waals surface area contributed by atoms with Crippen LogP contribution in [0.3, 0.4) is 0 Å². The molecular weight excluding hydrogens is 150 g/mol. The first-order valence-corrected chi connectivity index (χ1v) is 4.92. The van der Waals surface area contributed by atoms with Gasteiger partial charge in [-0.05, 0) is 32.6 Å². The van der Waals surface area contributed by atoms with Gasteiger partial charge in [0.1, 0.15) is 0 Å². The van der Waals surface area contributed by atoms with Gasteiger partial charge >= 0.3 is 0 Å². The van der Waals surface area contributed by atoms with Crippen molar-refractivity contribution in [3.8, 4) is 0 Å². The number of unbranched alkanes of at least 4 members (excludes halogenated alkanes) is 1. The lowest BCUT2D eigenvalue weighted by molar-refractivity contribution is 0.202.